The van der Waals surface area contributed by atoms with Crippen LogP contribution < -0.4 is 11.1 Å². The normalized spacial score (nSPS) is 11.3. The van der Waals surface area contributed by atoms with E-state index in [1.165, 1.54) is 11.3 Å². The molecular formula is C16H19N3O2S. The third-order valence-corrected chi connectivity index (χ3v) is 3.97. The maximum absolute atomic E-state index is 11.9. The number of amides is 1. The minimum absolute atomic E-state index is 0.182. The molecule has 3 N–H and O–H groups in total. The Bertz CT molecular complexity index is 670. The fourth-order valence-electron chi connectivity index (χ4n) is 2.18. The van der Waals surface area contributed by atoms with Crippen molar-refractivity contribution in [2.75, 3.05) is 11.9 Å². The second-order valence-electron chi connectivity index (χ2n) is 5.05. The molecule has 2 aromatic rings. The lowest BCUT2D eigenvalue weighted by Crippen LogP contribution is -2.20. The van der Waals surface area contributed by atoms with Crippen LogP contribution in [0, 0.1) is 20.8 Å². The van der Waals surface area contributed by atoms with Gasteiger partial charge in [-0.3, -0.25) is 4.79 Å². The first-order chi connectivity index (χ1) is 10.5. The number of nitrogens with one attached hydrogen (secondary N) is 1. The third-order valence-electron chi connectivity index (χ3n) is 3.07. The summed E-state index contributed by atoms with van der Waals surface area (Å²) in [7, 11) is 0. The molecule has 0 aliphatic carbocycles. The van der Waals surface area contributed by atoms with Crippen molar-refractivity contribution in [1.82, 2.24) is 0 Å². The molecule has 0 saturated heterocycles. The Kier molecular flexibility index (Phi) is 5.16. The van der Waals surface area contributed by atoms with Gasteiger partial charge in [-0.15, -0.1) is 11.3 Å². The van der Waals surface area contributed by atoms with Gasteiger partial charge in [0.15, 0.2) is 12.4 Å². The average molecular weight is 317 g/mol. The molecule has 0 bridgehead atoms. The van der Waals surface area contributed by atoms with Crippen molar-refractivity contribution in [3.63, 3.8) is 0 Å². The molecule has 5 nitrogen and oxygen atoms in total. The number of hydrogen-bond acceptors (Lipinski definition) is 4. The van der Waals surface area contributed by atoms with E-state index in [0.717, 1.165) is 27.3 Å². The second kappa shape index (κ2) is 7.09. The van der Waals surface area contributed by atoms with Crippen molar-refractivity contribution in [2.24, 2.45) is 10.9 Å². The van der Waals surface area contributed by atoms with Gasteiger partial charge in [-0.05, 0) is 43.3 Å². The molecule has 2 rings (SSSR count). The largest absolute Gasteiger partial charge is 0.384 e. The molecule has 1 amide bonds. The average Bonchev–Trinajstić information content (AvgIpc) is 2.97. The number of nitrogens with two attached hydrogens (primary N) is 1. The minimum Gasteiger partial charge on any atom is -0.384 e. The molecule has 0 unspecified atom stereocenters. The van der Waals surface area contributed by atoms with Crippen molar-refractivity contribution < 1.29 is 9.63 Å². The maximum Gasteiger partial charge on any atom is 0.265 e. The number of hydrogen-bond donors (Lipinski definition) is 2. The summed E-state index contributed by atoms with van der Waals surface area (Å²) >= 11 is 1.46. The van der Waals surface area contributed by atoms with Gasteiger partial charge in [-0.25, -0.2) is 0 Å². The van der Waals surface area contributed by atoms with E-state index in [4.69, 9.17) is 10.6 Å². The molecule has 0 atom stereocenters. The van der Waals surface area contributed by atoms with E-state index < -0.39 is 0 Å². The molecule has 116 valence electrons. The monoisotopic (exact) mass is 317 g/mol. The number of thiophene rings is 1. The number of aryl methyl sites for hydroxylation is 3. The predicted molar refractivity (Wildman–Crippen MR) is 90.3 cm³/mol. The first-order valence-electron chi connectivity index (χ1n) is 6.84. The Morgan fingerprint density at radius 2 is 2.00 bits per heavy atom. The van der Waals surface area contributed by atoms with Crippen LogP contribution in [0.15, 0.2) is 34.8 Å². The first-order valence-corrected chi connectivity index (χ1v) is 7.72. The zero-order chi connectivity index (χ0) is 16.1. The Morgan fingerprint density at radius 3 is 2.59 bits per heavy atom. The molecule has 1 aromatic carbocycles. The Morgan fingerprint density at radius 1 is 1.32 bits per heavy atom. The fourth-order valence-corrected chi connectivity index (χ4v) is 2.80. The second-order valence-corrected chi connectivity index (χ2v) is 6.00. The van der Waals surface area contributed by atoms with Crippen LogP contribution in [-0.2, 0) is 9.63 Å². The van der Waals surface area contributed by atoms with Gasteiger partial charge in [0.1, 0.15) is 0 Å². The summed E-state index contributed by atoms with van der Waals surface area (Å²) in [6.07, 6.45) is 0. The number of carbonyl (C=O) groups is 1. The van der Waals surface area contributed by atoms with Crippen LogP contribution in [0.25, 0.3) is 0 Å². The van der Waals surface area contributed by atoms with Crippen LogP contribution in [0.2, 0.25) is 0 Å². The van der Waals surface area contributed by atoms with Crippen LogP contribution in [0.5, 0.6) is 0 Å². The highest BCUT2D eigenvalue weighted by Crippen LogP contribution is 2.21. The Hall–Kier alpha value is -2.34. The van der Waals surface area contributed by atoms with Gasteiger partial charge < -0.3 is 15.9 Å². The standard InChI is InChI=1S/C16H19N3O2S/c1-10-7-11(2)15(12(3)8-10)18-14(20)9-21-19-16(17)13-5-4-6-22-13/h4-8H,9H2,1-3H3,(H2,17,19)(H,18,20). The van der Waals surface area contributed by atoms with Gasteiger partial charge in [0.05, 0.1) is 4.88 Å². The summed E-state index contributed by atoms with van der Waals surface area (Å²) < 4.78 is 0. The topological polar surface area (TPSA) is 76.7 Å². The SMILES string of the molecule is Cc1cc(C)c(NC(=O)CO/N=C(\N)c2cccs2)c(C)c1. The van der Waals surface area contributed by atoms with Crippen LogP contribution >= 0.6 is 11.3 Å². The summed E-state index contributed by atoms with van der Waals surface area (Å²) in [5.74, 6) is 0.00304. The van der Waals surface area contributed by atoms with Crippen molar-refractivity contribution in [1.29, 1.82) is 0 Å². The van der Waals surface area contributed by atoms with Crippen LogP contribution in [0.1, 0.15) is 21.6 Å². The summed E-state index contributed by atoms with van der Waals surface area (Å²) in [4.78, 5) is 17.8. The summed E-state index contributed by atoms with van der Waals surface area (Å²) in [6.45, 7) is 5.77. The molecule has 22 heavy (non-hydrogen) atoms. The molecule has 0 saturated carbocycles. The molecule has 0 aliphatic heterocycles. The van der Waals surface area contributed by atoms with E-state index in [2.05, 4.69) is 10.5 Å². The number of nitrogens with zero attached hydrogens (tertiary/aromatic N) is 1. The van der Waals surface area contributed by atoms with E-state index in [9.17, 15) is 4.79 Å². The van der Waals surface area contributed by atoms with E-state index >= 15 is 0 Å². The zero-order valence-electron chi connectivity index (χ0n) is 12.8. The van der Waals surface area contributed by atoms with E-state index in [1.54, 1.807) is 0 Å². The zero-order valence-corrected chi connectivity index (χ0v) is 13.7. The van der Waals surface area contributed by atoms with Gasteiger partial charge in [0, 0.05) is 5.69 Å². The number of rotatable bonds is 5. The van der Waals surface area contributed by atoms with Gasteiger partial charge in [0.2, 0.25) is 0 Å². The molecule has 0 aliphatic rings. The van der Waals surface area contributed by atoms with Gasteiger partial charge in [-0.1, -0.05) is 28.9 Å². The smallest absolute Gasteiger partial charge is 0.265 e. The van der Waals surface area contributed by atoms with Crippen molar-refractivity contribution in [3.8, 4) is 0 Å². The number of anilines is 1. The van der Waals surface area contributed by atoms with E-state index in [1.807, 2.05) is 50.4 Å². The predicted octanol–water partition coefficient (Wildman–Crippen LogP) is 2.95. The quantitative estimate of drug-likeness (QED) is 0.506. The number of oxime groups is 1. The minimum atomic E-state index is -0.266. The summed E-state index contributed by atoms with van der Waals surface area (Å²) in [6, 6.07) is 7.76. The lowest BCUT2D eigenvalue weighted by atomic mass is 10.1. The van der Waals surface area contributed by atoms with Gasteiger partial charge in [0.25, 0.3) is 5.91 Å². The number of amidine groups is 1. The molecule has 1 heterocycles. The van der Waals surface area contributed by atoms with Crippen molar-refractivity contribution in [2.45, 2.75) is 20.8 Å². The Labute approximate surface area is 133 Å². The number of benzene rings is 1. The van der Waals surface area contributed by atoms with Gasteiger partial charge in [-0.2, -0.15) is 0 Å². The summed E-state index contributed by atoms with van der Waals surface area (Å²) in [5, 5.41) is 8.49. The highest BCUT2D eigenvalue weighted by molar-refractivity contribution is 7.12. The molecule has 0 radical (unpaired) electrons. The highest BCUT2D eigenvalue weighted by Gasteiger charge is 2.09. The molecular weight excluding hydrogens is 298 g/mol. The van der Waals surface area contributed by atoms with Crippen LogP contribution in [0.4, 0.5) is 5.69 Å². The summed E-state index contributed by atoms with van der Waals surface area (Å²) in [5.41, 5.74) is 9.77. The lowest BCUT2D eigenvalue weighted by Gasteiger charge is -2.12. The van der Waals surface area contributed by atoms with Crippen LogP contribution in [-0.4, -0.2) is 18.3 Å². The first kappa shape index (κ1) is 16.0. The molecule has 6 heteroatoms. The molecule has 1 aromatic heterocycles. The Balaban J connectivity index is 1.93. The van der Waals surface area contributed by atoms with Gasteiger partial charge >= 0.3 is 0 Å². The lowest BCUT2D eigenvalue weighted by molar-refractivity contribution is -0.120. The highest BCUT2D eigenvalue weighted by atomic mass is 32.1. The van der Waals surface area contributed by atoms with E-state index in [0.29, 0.717) is 0 Å². The maximum atomic E-state index is 11.9. The molecule has 0 spiro atoms. The van der Waals surface area contributed by atoms with E-state index in [-0.39, 0.29) is 18.3 Å². The number of carbonyl (C=O) groups excluding carboxylic acids is 1. The van der Waals surface area contributed by atoms with Crippen molar-refractivity contribution >= 4 is 28.8 Å². The fraction of sp³-hybridized carbons (Fsp3) is 0.250. The molecule has 0 fully saturated rings. The third kappa shape index (κ3) is 4.08. The van der Waals surface area contributed by atoms with Crippen LogP contribution in [0.3, 0.4) is 0 Å². The van der Waals surface area contributed by atoms with Crippen molar-refractivity contribution in [3.05, 3.63) is 51.2 Å².